The van der Waals surface area contributed by atoms with Crippen LogP contribution >= 0.6 is 17.9 Å². The van der Waals surface area contributed by atoms with E-state index >= 15 is 0 Å². The summed E-state index contributed by atoms with van der Waals surface area (Å²) in [5, 5.41) is 0. The minimum atomic E-state index is -4.09. The van der Waals surface area contributed by atoms with Crippen molar-refractivity contribution in [2.24, 2.45) is 0 Å². The number of carbonyl (C=O) groups excluding carboxylic acids is 2. The summed E-state index contributed by atoms with van der Waals surface area (Å²) in [7, 11) is 5.14. The van der Waals surface area contributed by atoms with Crippen LogP contribution in [0.5, 0.6) is 0 Å². The Kier molecular flexibility index (Phi) is 7.51. The van der Waals surface area contributed by atoms with E-state index < -0.39 is 28.4 Å². The van der Waals surface area contributed by atoms with Crippen molar-refractivity contribution in [2.45, 2.75) is 0 Å². The zero-order valence-electron chi connectivity index (χ0n) is 15.0. The average molecular weight is 510 g/mol. The van der Waals surface area contributed by atoms with Gasteiger partial charge < -0.3 is 0 Å². The third-order valence-electron chi connectivity index (χ3n) is 3.96. The number of rotatable bonds is 4. The van der Waals surface area contributed by atoms with E-state index in [1.807, 2.05) is 12.1 Å². The first-order chi connectivity index (χ1) is 13.1. The molecule has 3 rings (SSSR count). The van der Waals surface area contributed by atoms with Crippen LogP contribution in [0.3, 0.4) is 0 Å². The quantitative estimate of drug-likeness (QED) is 0.584. The average Bonchev–Trinajstić information content (AvgIpc) is 2.68. The molecule has 0 amide bonds. The first-order valence-corrected chi connectivity index (χ1v) is 19.9. The third-order valence-corrected chi connectivity index (χ3v) is 24.5. The predicted molar refractivity (Wildman–Crippen MR) is 112 cm³/mol. The van der Waals surface area contributed by atoms with Gasteiger partial charge in [0, 0.05) is 0 Å². The van der Waals surface area contributed by atoms with Crippen molar-refractivity contribution in [3.63, 3.8) is 0 Å². The summed E-state index contributed by atoms with van der Waals surface area (Å²) in [6.07, 6.45) is 0. The molecule has 1 saturated heterocycles. The molecule has 142 valence electrons. The van der Waals surface area contributed by atoms with E-state index in [4.69, 9.17) is 6.15 Å². The standard InChI is InChI=1S/2C7H6O2.C5H13NS2.Sn/c2*8-7(9)6-4-2-1-3-5-6;1-6(2-4-7)3-5-8;/h2*1-5H,(H,8,9);7-8H,2-5H2,1H3;/q;;;+4/p-4. The molecule has 1 fully saturated rings. The van der Waals surface area contributed by atoms with Crippen molar-refractivity contribution in [3.8, 4) is 0 Å². The molecule has 0 spiro atoms. The molecule has 2 aromatic rings. The van der Waals surface area contributed by atoms with E-state index in [-0.39, 0.29) is 0 Å². The molecule has 0 aliphatic carbocycles. The second-order valence-electron chi connectivity index (χ2n) is 6.01. The molecule has 0 aromatic heterocycles. The Bertz CT molecular complexity index is 710. The van der Waals surface area contributed by atoms with Crippen LogP contribution in [0.25, 0.3) is 0 Å². The van der Waals surface area contributed by atoms with Crippen molar-refractivity contribution >= 4 is 46.3 Å². The number of benzene rings is 2. The molecule has 0 N–H and O–H groups in total. The molecule has 1 aliphatic heterocycles. The Balaban J connectivity index is 1.81. The molecule has 8 heteroatoms. The molecule has 5 nitrogen and oxygen atoms in total. The Labute approximate surface area is 169 Å². The van der Waals surface area contributed by atoms with Gasteiger partial charge in [0.1, 0.15) is 0 Å². The van der Waals surface area contributed by atoms with Gasteiger partial charge in [0.05, 0.1) is 0 Å². The second-order valence-corrected chi connectivity index (χ2v) is 25.3. The Hall–Kier alpha value is -1.16. The summed E-state index contributed by atoms with van der Waals surface area (Å²) in [4.78, 5) is 27.6. The van der Waals surface area contributed by atoms with Crippen LogP contribution < -0.4 is 0 Å². The molecule has 0 unspecified atom stereocenters. The first kappa shape index (κ1) is 20.6. The van der Waals surface area contributed by atoms with Crippen molar-refractivity contribution in [2.75, 3.05) is 31.6 Å². The maximum absolute atomic E-state index is 12.7. The van der Waals surface area contributed by atoms with E-state index in [0.717, 1.165) is 24.6 Å². The van der Waals surface area contributed by atoms with Crippen molar-refractivity contribution in [3.05, 3.63) is 71.8 Å². The maximum atomic E-state index is 12.7. The Morgan fingerprint density at radius 3 is 1.63 bits per heavy atom. The number of nitrogens with zero attached hydrogens (tertiary/aromatic N) is 1. The van der Waals surface area contributed by atoms with Crippen LogP contribution in [-0.2, 0) is 6.15 Å². The summed E-state index contributed by atoms with van der Waals surface area (Å²) in [6.45, 7) is 1.74. The number of hydrogen-bond acceptors (Lipinski definition) is 7. The van der Waals surface area contributed by atoms with Crippen LogP contribution in [0, 0.1) is 0 Å². The van der Waals surface area contributed by atoms with Crippen molar-refractivity contribution < 1.29 is 15.7 Å². The van der Waals surface area contributed by atoms with Gasteiger partial charge in [-0.3, -0.25) is 0 Å². The van der Waals surface area contributed by atoms with Crippen LogP contribution in [0.2, 0.25) is 0 Å². The summed E-state index contributed by atoms with van der Waals surface area (Å²) in [6, 6.07) is 17.7. The van der Waals surface area contributed by atoms with Crippen LogP contribution in [0.1, 0.15) is 20.7 Å². The van der Waals surface area contributed by atoms with Gasteiger partial charge in [-0.2, -0.15) is 0 Å². The SMILES string of the molecule is CN1CC[S][Sn]([O]C(=O)c2ccccc2)([O]C(=O)c2ccccc2)[S]CC1. The third kappa shape index (κ3) is 5.91. The van der Waals surface area contributed by atoms with Gasteiger partial charge in [-0.15, -0.1) is 0 Å². The van der Waals surface area contributed by atoms with Crippen LogP contribution in [-0.4, -0.2) is 64.9 Å². The monoisotopic (exact) mass is 511 g/mol. The van der Waals surface area contributed by atoms with Crippen LogP contribution in [0.15, 0.2) is 60.7 Å². The Morgan fingerprint density at radius 1 is 0.815 bits per heavy atom. The zero-order valence-corrected chi connectivity index (χ0v) is 19.5. The molecule has 0 bridgehead atoms. The van der Waals surface area contributed by atoms with Gasteiger partial charge in [0.2, 0.25) is 0 Å². The predicted octanol–water partition coefficient (Wildman–Crippen LogP) is 3.55. The first-order valence-electron chi connectivity index (χ1n) is 8.61. The normalized spacial score (nSPS) is 17.4. The molecule has 2 aromatic carbocycles. The van der Waals surface area contributed by atoms with E-state index in [1.165, 1.54) is 17.9 Å². The topological polar surface area (TPSA) is 55.8 Å². The van der Waals surface area contributed by atoms with Gasteiger partial charge >= 0.3 is 170 Å². The van der Waals surface area contributed by atoms with Crippen LogP contribution in [0.4, 0.5) is 0 Å². The molecule has 0 atom stereocenters. The number of carbonyl (C=O) groups is 2. The van der Waals surface area contributed by atoms with Gasteiger partial charge in [-0.25, -0.2) is 0 Å². The fraction of sp³-hybridized carbons (Fsp3) is 0.263. The molecule has 0 saturated carbocycles. The molecule has 1 heterocycles. The van der Waals surface area contributed by atoms with Gasteiger partial charge in [-0.05, 0) is 0 Å². The zero-order chi connectivity index (χ0) is 19.1. The summed E-state index contributed by atoms with van der Waals surface area (Å²) in [5.74, 6) is 0.704. The summed E-state index contributed by atoms with van der Waals surface area (Å²) < 4.78 is 11.9. The van der Waals surface area contributed by atoms with Gasteiger partial charge in [0.15, 0.2) is 0 Å². The molecular weight excluding hydrogens is 489 g/mol. The molecular formula is C19H21NO4S2Sn. The van der Waals surface area contributed by atoms with Crippen molar-refractivity contribution in [1.29, 1.82) is 0 Å². The van der Waals surface area contributed by atoms with Gasteiger partial charge in [-0.1, -0.05) is 0 Å². The van der Waals surface area contributed by atoms with E-state index in [9.17, 15) is 9.59 Å². The van der Waals surface area contributed by atoms with Crippen molar-refractivity contribution in [1.82, 2.24) is 4.90 Å². The van der Waals surface area contributed by atoms with E-state index in [0.29, 0.717) is 11.1 Å². The van der Waals surface area contributed by atoms with E-state index in [2.05, 4.69) is 11.9 Å². The second kappa shape index (κ2) is 9.86. The van der Waals surface area contributed by atoms with Gasteiger partial charge in [0.25, 0.3) is 0 Å². The fourth-order valence-electron chi connectivity index (χ4n) is 2.44. The fourth-order valence-corrected chi connectivity index (χ4v) is 21.8. The minimum absolute atomic E-state index is 0.416. The molecule has 1 aliphatic rings. The number of hydrogen-bond donors (Lipinski definition) is 0. The van der Waals surface area contributed by atoms with E-state index in [1.54, 1.807) is 48.5 Å². The summed E-state index contributed by atoms with van der Waals surface area (Å²) in [5.41, 5.74) is 0.953. The Morgan fingerprint density at radius 2 is 1.22 bits per heavy atom. The molecule has 0 radical (unpaired) electrons. The summed E-state index contributed by atoms with van der Waals surface area (Å²) >= 11 is -4.09. The molecule has 27 heavy (non-hydrogen) atoms.